The maximum absolute atomic E-state index is 11.6. The summed E-state index contributed by atoms with van der Waals surface area (Å²) in [7, 11) is 0. The van der Waals surface area contributed by atoms with Gasteiger partial charge in [-0.1, -0.05) is 51.5 Å². The van der Waals surface area contributed by atoms with Crippen molar-refractivity contribution in [3.63, 3.8) is 0 Å². The molecule has 0 unspecified atom stereocenters. The lowest BCUT2D eigenvalue weighted by Gasteiger charge is -2.01. The van der Waals surface area contributed by atoms with Crippen LogP contribution in [0.1, 0.15) is 71.6 Å². The minimum atomic E-state index is -0.311. The molecule has 0 bridgehead atoms. The average molecular weight is 336 g/mol. The van der Waals surface area contributed by atoms with Crippen LogP contribution in [-0.2, 0) is 19.1 Å². The number of ether oxygens (including phenoxy) is 2. The second-order valence-corrected chi connectivity index (χ2v) is 6.55. The van der Waals surface area contributed by atoms with Crippen molar-refractivity contribution in [3.8, 4) is 0 Å². The first-order chi connectivity index (χ1) is 11.6. The molecule has 0 N–H and O–H groups in total. The van der Waals surface area contributed by atoms with Gasteiger partial charge in [-0.25, -0.2) is 0 Å². The number of carbonyl (C=O) groups excluding carboxylic acids is 2. The average Bonchev–Trinajstić information content (AvgIpc) is 3.30. The lowest BCUT2D eigenvalue weighted by molar-refractivity contribution is -0.140. The molecule has 0 spiro atoms. The van der Waals surface area contributed by atoms with Crippen LogP contribution >= 0.6 is 0 Å². The van der Waals surface area contributed by atoms with Crippen molar-refractivity contribution < 1.29 is 19.1 Å². The maximum atomic E-state index is 11.6. The van der Waals surface area contributed by atoms with Gasteiger partial charge in [0.25, 0.3) is 0 Å². The number of rotatable bonds is 13. The standard InChI is InChI=1S/C20H32O4/c1-3-4-5-6-8-11-18-16-19(18)12-13-20(22)24-15-10-7-9-14-23-17(2)21/h7,9-10,15,18-19H,3-6,8,11-14,16H2,1-2H3/b9-7+,15-10-/t18-,19-/m0/s1. The fourth-order valence-corrected chi connectivity index (χ4v) is 2.85. The van der Waals surface area contributed by atoms with Gasteiger partial charge in [0, 0.05) is 13.3 Å². The Morgan fingerprint density at radius 1 is 1.04 bits per heavy atom. The summed E-state index contributed by atoms with van der Waals surface area (Å²) in [4.78, 5) is 22.2. The monoisotopic (exact) mass is 336 g/mol. The quantitative estimate of drug-likeness (QED) is 0.207. The Bertz CT molecular complexity index is 425. The highest BCUT2D eigenvalue weighted by Crippen LogP contribution is 2.45. The van der Waals surface area contributed by atoms with E-state index in [9.17, 15) is 9.59 Å². The van der Waals surface area contributed by atoms with Gasteiger partial charge < -0.3 is 9.47 Å². The van der Waals surface area contributed by atoms with E-state index >= 15 is 0 Å². The Kier molecular flexibility index (Phi) is 10.9. The molecule has 1 rings (SSSR count). The molecule has 4 nitrogen and oxygen atoms in total. The molecule has 1 aliphatic rings. The number of hydrogen-bond donors (Lipinski definition) is 0. The third-order valence-electron chi connectivity index (χ3n) is 4.37. The van der Waals surface area contributed by atoms with Crippen molar-refractivity contribution in [3.05, 3.63) is 24.5 Å². The molecule has 24 heavy (non-hydrogen) atoms. The molecule has 1 fully saturated rings. The van der Waals surface area contributed by atoms with Crippen LogP contribution < -0.4 is 0 Å². The van der Waals surface area contributed by atoms with E-state index in [-0.39, 0.29) is 18.5 Å². The summed E-state index contributed by atoms with van der Waals surface area (Å²) in [6, 6.07) is 0. The van der Waals surface area contributed by atoms with Gasteiger partial charge >= 0.3 is 11.9 Å². The molecule has 0 aromatic rings. The lowest BCUT2D eigenvalue weighted by atomic mass is 10.1. The fraction of sp³-hybridized carbons (Fsp3) is 0.700. The fourth-order valence-electron chi connectivity index (χ4n) is 2.85. The van der Waals surface area contributed by atoms with Crippen LogP contribution in [-0.4, -0.2) is 18.5 Å². The highest BCUT2D eigenvalue weighted by molar-refractivity contribution is 5.70. The second-order valence-electron chi connectivity index (χ2n) is 6.55. The maximum Gasteiger partial charge on any atom is 0.310 e. The van der Waals surface area contributed by atoms with Crippen LogP contribution in [0.4, 0.5) is 0 Å². The van der Waals surface area contributed by atoms with Crippen molar-refractivity contribution in [2.75, 3.05) is 6.61 Å². The third kappa shape index (κ3) is 11.0. The largest absolute Gasteiger partial charge is 0.462 e. The van der Waals surface area contributed by atoms with E-state index in [0.717, 1.165) is 18.3 Å². The minimum absolute atomic E-state index is 0.173. The molecule has 0 radical (unpaired) electrons. The molecule has 1 saturated carbocycles. The van der Waals surface area contributed by atoms with E-state index in [4.69, 9.17) is 9.47 Å². The number of hydrogen-bond acceptors (Lipinski definition) is 4. The summed E-state index contributed by atoms with van der Waals surface area (Å²) in [5, 5.41) is 0. The van der Waals surface area contributed by atoms with E-state index in [1.165, 1.54) is 58.1 Å². The van der Waals surface area contributed by atoms with Crippen molar-refractivity contribution in [1.82, 2.24) is 0 Å². The zero-order chi connectivity index (χ0) is 17.6. The topological polar surface area (TPSA) is 52.6 Å². The van der Waals surface area contributed by atoms with Gasteiger partial charge in [0.15, 0.2) is 0 Å². The predicted octanol–water partition coefficient (Wildman–Crippen LogP) is 4.94. The second kappa shape index (κ2) is 12.8. The molecular formula is C20H32O4. The van der Waals surface area contributed by atoms with Crippen LogP contribution in [0.25, 0.3) is 0 Å². The molecule has 2 atom stereocenters. The van der Waals surface area contributed by atoms with Crippen LogP contribution in [0.3, 0.4) is 0 Å². The van der Waals surface area contributed by atoms with E-state index in [1.807, 2.05) is 0 Å². The Morgan fingerprint density at radius 3 is 2.54 bits per heavy atom. The van der Waals surface area contributed by atoms with E-state index in [0.29, 0.717) is 6.42 Å². The van der Waals surface area contributed by atoms with Crippen LogP contribution in [0, 0.1) is 11.8 Å². The van der Waals surface area contributed by atoms with Gasteiger partial charge in [-0.2, -0.15) is 0 Å². The summed E-state index contributed by atoms with van der Waals surface area (Å²) < 4.78 is 9.76. The minimum Gasteiger partial charge on any atom is -0.462 e. The molecular weight excluding hydrogens is 304 g/mol. The molecule has 0 saturated heterocycles. The van der Waals surface area contributed by atoms with Crippen molar-refractivity contribution in [2.45, 2.75) is 71.6 Å². The lowest BCUT2D eigenvalue weighted by Crippen LogP contribution is -2.00. The predicted molar refractivity (Wildman–Crippen MR) is 95.2 cm³/mol. The SMILES string of the molecule is CCCCCCC[C@H]1C[C@@H]1CCC(=O)O/C=C\C=C\COC(C)=O. The molecule has 0 heterocycles. The van der Waals surface area contributed by atoms with Gasteiger partial charge in [0.05, 0.1) is 6.26 Å². The molecule has 0 aromatic carbocycles. The Hall–Kier alpha value is -1.58. The van der Waals surface area contributed by atoms with E-state index in [1.54, 1.807) is 18.2 Å². The van der Waals surface area contributed by atoms with Crippen molar-refractivity contribution >= 4 is 11.9 Å². The number of unbranched alkanes of at least 4 members (excludes halogenated alkanes) is 4. The van der Waals surface area contributed by atoms with Crippen LogP contribution in [0.15, 0.2) is 24.5 Å². The first-order valence-corrected chi connectivity index (χ1v) is 9.28. The highest BCUT2D eigenvalue weighted by atomic mass is 16.5. The number of allylic oxidation sites excluding steroid dienone is 2. The Labute approximate surface area is 146 Å². The van der Waals surface area contributed by atoms with Gasteiger partial charge in [0.2, 0.25) is 0 Å². The van der Waals surface area contributed by atoms with Gasteiger partial charge in [-0.15, -0.1) is 0 Å². The summed E-state index contributed by atoms with van der Waals surface area (Å²) in [6.45, 7) is 3.84. The number of esters is 2. The molecule has 0 aromatic heterocycles. The normalized spacial score (nSPS) is 19.8. The summed E-state index contributed by atoms with van der Waals surface area (Å²) in [6.07, 6.45) is 17.1. The first kappa shape index (κ1) is 20.5. The van der Waals surface area contributed by atoms with Gasteiger partial charge in [0.1, 0.15) is 6.61 Å². The Balaban J connectivity index is 1.96. The molecule has 4 heteroatoms. The summed E-state index contributed by atoms with van der Waals surface area (Å²) in [5.74, 6) is 1.10. The van der Waals surface area contributed by atoms with Crippen LogP contribution in [0.2, 0.25) is 0 Å². The van der Waals surface area contributed by atoms with Crippen molar-refractivity contribution in [1.29, 1.82) is 0 Å². The summed E-state index contributed by atoms with van der Waals surface area (Å²) >= 11 is 0. The van der Waals surface area contributed by atoms with Gasteiger partial charge in [-0.3, -0.25) is 9.59 Å². The molecule has 136 valence electrons. The zero-order valence-electron chi connectivity index (χ0n) is 15.2. The molecule has 1 aliphatic carbocycles. The number of carbonyl (C=O) groups is 2. The van der Waals surface area contributed by atoms with E-state index < -0.39 is 0 Å². The smallest absolute Gasteiger partial charge is 0.310 e. The molecule has 0 amide bonds. The summed E-state index contributed by atoms with van der Waals surface area (Å²) in [5.41, 5.74) is 0. The van der Waals surface area contributed by atoms with Crippen molar-refractivity contribution in [2.24, 2.45) is 11.8 Å². The highest BCUT2D eigenvalue weighted by Gasteiger charge is 2.35. The van der Waals surface area contributed by atoms with Gasteiger partial charge in [-0.05, 0) is 36.8 Å². The van der Waals surface area contributed by atoms with Crippen LogP contribution in [0.5, 0.6) is 0 Å². The zero-order valence-corrected chi connectivity index (χ0v) is 15.2. The third-order valence-corrected chi connectivity index (χ3v) is 4.37. The first-order valence-electron chi connectivity index (χ1n) is 9.28. The van der Waals surface area contributed by atoms with E-state index in [2.05, 4.69) is 6.92 Å². The molecule has 0 aliphatic heterocycles. The Morgan fingerprint density at radius 2 is 1.79 bits per heavy atom.